The van der Waals surface area contributed by atoms with Crippen molar-refractivity contribution in [2.24, 2.45) is 10.2 Å². The van der Waals surface area contributed by atoms with Crippen LogP contribution < -0.4 is 0 Å². The topological polar surface area (TPSA) is 46.8 Å². The molecule has 0 atom stereocenters. The molecular weight excluding hydrogens is 190 g/mol. The maximum atomic E-state index is 5.16. The minimum absolute atomic E-state index is 0.575. The molecule has 0 N–H and O–H groups in total. The molecule has 4 nitrogen and oxygen atoms in total. The molecule has 0 saturated heterocycles. The van der Waals surface area contributed by atoms with Gasteiger partial charge in [0.1, 0.15) is 0 Å². The first-order chi connectivity index (χ1) is 7.24. The van der Waals surface area contributed by atoms with Crippen molar-refractivity contribution < 1.29 is 4.74 Å². The third-order valence-corrected chi connectivity index (χ3v) is 1.79. The van der Waals surface area contributed by atoms with Crippen LogP contribution in [0.2, 0.25) is 0 Å². The summed E-state index contributed by atoms with van der Waals surface area (Å²) in [5.41, 5.74) is 1.86. The smallest absolute Gasteiger partial charge is 0.205 e. The lowest BCUT2D eigenvalue weighted by Crippen LogP contribution is -1.99. The number of hydrogen-bond acceptors (Lipinski definition) is 4. The number of aromatic nitrogens is 1. The summed E-state index contributed by atoms with van der Waals surface area (Å²) in [5, 5.41) is 8.02. The van der Waals surface area contributed by atoms with Crippen molar-refractivity contribution in [3.8, 4) is 0 Å². The average Bonchev–Trinajstić information content (AvgIpc) is 2.27. The molecule has 0 aliphatic carbocycles. The lowest BCUT2D eigenvalue weighted by Gasteiger charge is -1.99. The van der Waals surface area contributed by atoms with Crippen molar-refractivity contribution in [3.63, 3.8) is 0 Å². The monoisotopic (exact) mass is 205 g/mol. The molecule has 1 aromatic rings. The molecule has 0 aliphatic heterocycles. The van der Waals surface area contributed by atoms with Gasteiger partial charge in [0, 0.05) is 24.9 Å². The molecule has 0 amide bonds. The van der Waals surface area contributed by atoms with Crippen molar-refractivity contribution in [1.82, 2.24) is 4.98 Å². The fraction of sp³-hybridized carbons (Fsp3) is 0.364. The fourth-order valence-electron chi connectivity index (χ4n) is 1.03. The van der Waals surface area contributed by atoms with Gasteiger partial charge in [-0.05, 0) is 26.0 Å². The van der Waals surface area contributed by atoms with Gasteiger partial charge >= 0.3 is 0 Å². The van der Waals surface area contributed by atoms with Crippen molar-refractivity contribution in [2.45, 2.75) is 20.8 Å². The zero-order valence-electron chi connectivity index (χ0n) is 9.27. The van der Waals surface area contributed by atoms with E-state index in [4.69, 9.17) is 4.74 Å². The van der Waals surface area contributed by atoms with E-state index < -0.39 is 0 Å². The van der Waals surface area contributed by atoms with Gasteiger partial charge in [0.15, 0.2) is 0 Å². The second kappa shape index (κ2) is 5.90. The summed E-state index contributed by atoms with van der Waals surface area (Å²) in [5.74, 6) is 0.575. The third kappa shape index (κ3) is 3.89. The van der Waals surface area contributed by atoms with Gasteiger partial charge in [0.2, 0.25) is 5.90 Å². The van der Waals surface area contributed by atoms with Gasteiger partial charge in [0.25, 0.3) is 0 Å². The van der Waals surface area contributed by atoms with E-state index in [1.807, 2.05) is 26.0 Å². The Bertz CT molecular complexity index is 357. The van der Waals surface area contributed by atoms with E-state index in [-0.39, 0.29) is 0 Å². The Labute approximate surface area is 89.7 Å². The molecule has 0 aromatic carbocycles. The van der Waals surface area contributed by atoms with Crippen molar-refractivity contribution in [3.05, 3.63) is 30.1 Å². The van der Waals surface area contributed by atoms with Crippen molar-refractivity contribution in [1.29, 1.82) is 0 Å². The van der Waals surface area contributed by atoms with E-state index in [1.54, 1.807) is 19.3 Å². The van der Waals surface area contributed by atoms with Crippen LogP contribution >= 0.6 is 0 Å². The number of ether oxygens (including phenoxy) is 1. The highest BCUT2D eigenvalue weighted by Gasteiger charge is 1.95. The highest BCUT2D eigenvalue weighted by Crippen LogP contribution is 1.99. The summed E-state index contributed by atoms with van der Waals surface area (Å²) in [4.78, 5) is 3.94. The van der Waals surface area contributed by atoms with Crippen LogP contribution in [0.4, 0.5) is 0 Å². The summed E-state index contributed by atoms with van der Waals surface area (Å²) in [6.07, 6.45) is 3.46. The Hall–Kier alpha value is -1.71. The molecule has 1 rings (SSSR count). The first-order valence-corrected chi connectivity index (χ1v) is 4.86. The van der Waals surface area contributed by atoms with Crippen LogP contribution in [-0.4, -0.2) is 23.2 Å². The van der Waals surface area contributed by atoms with E-state index in [2.05, 4.69) is 15.2 Å². The molecule has 4 heteroatoms. The maximum absolute atomic E-state index is 5.16. The summed E-state index contributed by atoms with van der Waals surface area (Å²) >= 11 is 0. The number of pyridine rings is 1. The molecule has 1 aromatic heterocycles. The predicted molar refractivity (Wildman–Crippen MR) is 61.2 cm³/mol. The molecule has 0 spiro atoms. The quantitative estimate of drug-likeness (QED) is 0.431. The Morgan fingerprint density at radius 3 is 2.53 bits per heavy atom. The van der Waals surface area contributed by atoms with Crippen LogP contribution in [0.3, 0.4) is 0 Å². The van der Waals surface area contributed by atoms with Gasteiger partial charge < -0.3 is 4.74 Å². The zero-order chi connectivity index (χ0) is 11.1. The van der Waals surface area contributed by atoms with Crippen LogP contribution in [0.25, 0.3) is 0 Å². The van der Waals surface area contributed by atoms with E-state index in [9.17, 15) is 0 Å². The van der Waals surface area contributed by atoms with Gasteiger partial charge in [0.05, 0.1) is 12.3 Å². The summed E-state index contributed by atoms with van der Waals surface area (Å²) in [7, 11) is 0. The van der Waals surface area contributed by atoms with Gasteiger partial charge in [-0.3, -0.25) is 4.98 Å². The molecule has 0 bridgehead atoms. The maximum Gasteiger partial charge on any atom is 0.205 e. The van der Waals surface area contributed by atoms with Crippen molar-refractivity contribution >= 4 is 11.6 Å². The van der Waals surface area contributed by atoms with Crippen LogP contribution in [0.5, 0.6) is 0 Å². The summed E-state index contributed by atoms with van der Waals surface area (Å²) in [6, 6.07) is 3.79. The molecule has 80 valence electrons. The minimum atomic E-state index is 0.575. The lowest BCUT2D eigenvalue weighted by molar-refractivity contribution is 0.323. The summed E-state index contributed by atoms with van der Waals surface area (Å²) in [6.45, 7) is 6.21. The highest BCUT2D eigenvalue weighted by molar-refractivity contribution is 5.98. The zero-order valence-corrected chi connectivity index (χ0v) is 9.27. The first-order valence-electron chi connectivity index (χ1n) is 4.86. The Balaban J connectivity index is 2.73. The Morgan fingerprint density at radius 2 is 1.93 bits per heavy atom. The number of hydrogen-bond donors (Lipinski definition) is 0. The summed E-state index contributed by atoms with van der Waals surface area (Å²) < 4.78 is 5.16. The second-order valence-corrected chi connectivity index (χ2v) is 2.97. The Kier molecular flexibility index (Phi) is 4.47. The molecule has 0 aliphatic rings. The van der Waals surface area contributed by atoms with Crippen LogP contribution in [-0.2, 0) is 4.74 Å². The van der Waals surface area contributed by atoms with Gasteiger partial charge in [-0.25, -0.2) is 0 Å². The molecule has 0 saturated carbocycles. The first kappa shape index (κ1) is 11.4. The standard InChI is InChI=1S/C11H15N3O/c1-4-15-10(3)14-13-9(2)11-5-7-12-8-6-11/h5-8H,4H2,1-3H3/b13-9+,14-10+. The van der Waals surface area contributed by atoms with Gasteiger partial charge in [-0.2, -0.15) is 5.10 Å². The fourth-order valence-corrected chi connectivity index (χ4v) is 1.03. The predicted octanol–water partition coefficient (Wildman–Crippen LogP) is 2.26. The minimum Gasteiger partial charge on any atom is -0.480 e. The highest BCUT2D eigenvalue weighted by atomic mass is 16.5. The molecule has 0 radical (unpaired) electrons. The van der Waals surface area contributed by atoms with Crippen LogP contribution in [0.1, 0.15) is 26.3 Å². The van der Waals surface area contributed by atoms with E-state index >= 15 is 0 Å². The molecule has 1 heterocycles. The molecule has 0 fully saturated rings. The number of rotatable bonds is 3. The van der Waals surface area contributed by atoms with Gasteiger partial charge in [-0.1, -0.05) is 0 Å². The van der Waals surface area contributed by atoms with Crippen LogP contribution in [0.15, 0.2) is 34.7 Å². The SMILES string of the molecule is CCO/C(C)=N/N=C(\C)c1ccncc1. The molecular formula is C11H15N3O. The number of nitrogens with zero attached hydrogens (tertiary/aromatic N) is 3. The normalized spacial score (nSPS) is 12.7. The van der Waals surface area contributed by atoms with Gasteiger partial charge in [-0.15, -0.1) is 5.10 Å². The molecule has 15 heavy (non-hydrogen) atoms. The second-order valence-electron chi connectivity index (χ2n) is 2.97. The van der Waals surface area contributed by atoms with Crippen molar-refractivity contribution in [2.75, 3.05) is 6.61 Å². The largest absolute Gasteiger partial charge is 0.480 e. The Morgan fingerprint density at radius 1 is 1.27 bits per heavy atom. The third-order valence-electron chi connectivity index (χ3n) is 1.79. The van der Waals surface area contributed by atoms with E-state index in [1.165, 1.54) is 0 Å². The lowest BCUT2D eigenvalue weighted by atomic mass is 10.2. The van der Waals surface area contributed by atoms with Crippen LogP contribution in [0, 0.1) is 0 Å². The average molecular weight is 205 g/mol. The van der Waals surface area contributed by atoms with E-state index in [0.717, 1.165) is 11.3 Å². The molecule has 0 unspecified atom stereocenters. The van der Waals surface area contributed by atoms with E-state index in [0.29, 0.717) is 12.5 Å².